The van der Waals surface area contributed by atoms with Crippen LogP contribution in [0.5, 0.6) is 5.75 Å². The van der Waals surface area contributed by atoms with Crippen molar-refractivity contribution in [1.29, 1.82) is 0 Å². The normalized spacial score (nSPS) is 10.8. The molecule has 0 aliphatic heterocycles. The zero-order valence-corrected chi connectivity index (χ0v) is 11.4. The van der Waals surface area contributed by atoms with Crippen LogP contribution in [0.15, 0.2) is 18.2 Å². The first-order valence-corrected chi connectivity index (χ1v) is 6.73. The minimum absolute atomic E-state index is 0.276. The zero-order valence-electron chi connectivity index (χ0n) is 9.80. The Kier molecular flexibility index (Phi) is 5.81. The van der Waals surface area contributed by atoms with E-state index in [1.807, 2.05) is 6.07 Å². The molecule has 0 aliphatic rings. The molecule has 0 N–H and O–H groups in total. The molecular weight excluding hydrogens is 271 g/mol. The third kappa shape index (κ3) is 4.52. The molecule has 0 aromatic heterocycles. The highest BCUT2D eigenvalue weighted by Crippen LogP contribution is 2.20. The summed E-state index contributed by atoms with van der Waals surface area (Å²) in [7, 11) is 0. The number of alkyl halides is 1. The van der Waals surface area contributed by atoms with E-state index in [0.29, 0.717) is 23.6 Å². The molecule has 3 heteroatoms. The summed E-state index contributed by atoms with van der Waals surface area (Å²) in [4.78, 5) is 0. The van der Waals surface area contributed by atoms with E-state index in [4.69, 9.17) is 4.74 Å². The molecule has 1 aromatic rings. The average molecular weight is 289 g/mol. The SMILES string of the molecule is CC(C)CCCOc1ccc(CBr)cc1F. The third-order valence-corrected chi connectivity index (χ3v) is 2.98. The predicted octanol–water partition coefficient (Wildman–Crippen LogP) is 4.54. The summed E-state index contributed by atoms with van der Waals surface area (Å²) in [5.41, 5.74) is 0.923. The van der Waals surface area contributed by atoms with Gasteiger partial charge in [0.05, 0.1) is 6.61 Å². The molecule has 1 aromatic carbocycles. The predicted molar refractivity (Wildman–Crippen MR) is 68.6 cm³/mol. The van der Waals surface area contributed by atoms with Gasteiger partial charge in [-0.3, -0.25) is 0 Å². The molecular formula is C13H18BrFO. The molecule has 1 nitrogen and oxygen atoms in total. The van der Waals surface area contributed by atoms with Crippen molar-refractivity contribution in [3.8, 4) is 5.75 Å². The standard InChI is InChI=1S/C13H18BrFO/c1-10(2)4-3-7-16-13-6-5-11(9-14)8-12(13)15/h5-6,8,10H,3-4,7,9H2,1-2H3. The quantitative estimate of drug-likeness (QED) is 0.552. The molecule has 0 saturated heterocycles. The molecule has 1 rings (SSSR count). The average Bonchev–Trinajstić information content (AvgIpc) is 2.25. The fourth-order valence-corrected chi connectivity index (χ4v) is 1.77. The van der Waals surface area contributed by atoms with Crippen molar-refractivity contribution in [2.45, 2.75) is 32.0 Å². The highest BCUT2D eigenvalue weighted by molar-refractivity contribution is 9.08. The van der Waals surface area contributed by atoms with E-state index < -0.39 is 0 Å². The van der Waals surface area contributed by atoms with Gasteiger partial charge in [0.1, 0.15) is 0 Å². The Hall–Kier alpha value is -0.570. The first-order valence-electron chi connectivity index (χ1n) is 5.60. The smallest absolute Gasteiger partial charge is 0.165 e. The molecule has 0 radical (unpaired) electrons. The Labute approximate surface area is 105 Å². The number of hydrogen-bond acceptors (Lipinski definition) is 1. The van der Waals surface area contributed by atoms with E-state index in [1.54, 1.807) is 6.07 Å². The van der Waals surface area contributed by atoms with Crippen LogP contribution in [0.25, 0.3) is 0 Å². The summed E-state index contributed by atoms with van der Waals surface area (Å²) in [5.74, 6) is 0.749. The van der Waals surface area contributed by atoms with Gasteiger partial charge in [-0.25, -0.2) is 4.39 Å². The topological polar surface area (TPSA) is 9.23 Å². The van der Waals surface area contributed by atoms with Crippen LogP contribution in [0.1, 0.15) is 32.3 Å². The van der Waals surface area contributed by atoms with Crippen molar-refractivity contribution in [2.24, 2.45) is 5.92 Å². The van der Waals surface area contributed by atoms with Crippen LogP contribution in [0, 0.1) is 11.7 Å². The highest BCUT2D eigenvalue weighted by atomic mass is 79.9. The van der Waals surface area contributed by atoms with Gasteiger partial charge in [-0.05, 0) is 36.5 Å². The molecule has 0 bridgehead atoms. The van der Waals surface area contributed by atoms with Crippen molar-refractivity contribution in [3.05, 3.63) is 29.6 Å². The second-order valence-corrected chi connectivity index (χ2v) is 4.84. The third-order valence-electron chi connectivity index (χ3n) is 2.33. The van der Waals surface area contributed by atoms with E-state index in [-0.39, 0.29) is 5.82 Å². The fourth-order valence-electron chi connectivity index (χ4n) is 1.42. The lowest BCUT2D eigenvalue weighted by molar-refractivity contribution is 0.284. The van der Waals surface area contributed by atoms with Crippen LogP contribution < -0.4 is 4.74 Å². The van der Waals surface area contributed by atoms with Crippen molar-refractivity contribution in [3.63, 3.8) is 0 Å². The molecule has 0 heterocycles. The maximum absolute atomic E-state index is 13.5. The monoisotopic (exact) mass is 288 g/mol. The van der Waals surface area contributed by atoms with Gasteiger partial charge in [-0.2, -0.15) is 0 Å². The van der Waals surface area contributed by atoms with Crippen LogP contribution in [0.4, 0.5) is 4.39 Å². The Bertz CT molecular complexity index is 326. The van der Waals surface area contributed by atoms with Crippen LogP contribution in [0.3, 0.4) is 0 Å². The second-order valence-electron chi connectivity index (χ2n) is 4.28. The molecule has 90 valence electrons. The first kappa shape index (κ1) is 13.5. The molecule has 0 atom stereocenters. The molecule has 0 aliphatic carbocycles. The van der Waals surface area contributed by atoms with Crippen molar-refractivity contribution < 1.29 is 9.13 Å². The lowest BCUT2D eigenvalue weighted by atomic mass is 10.1. The molecule has 0 spiro atoms. The maximum atomic E-state index is 13.5. The number of rotatable bonds is 6. The number of hydrogen-bond donors (Lipinski definition) is 0. The fraction of sp³-hybridized carbons (Fsp3) is 0.538. The van der Waals surface area contributed by atoms with Gasteiger partial charge < -0.3 is 4.74 Å². The number of benzene rings is 1. The highest BCUT2D eigenvalue weighted by Gasteiger charge is 2.04. The number of ether oxygens (including phenoxy) is 1. The van der Waals surface area contributed by atoms with Gasteiger partial charge in [0, 0.05) is 5.33 Å². The number of halogens is 2. The summed E-state index contributed by atoms with van der Waals surface area (Å²) >= 11 is 3.29. The zero-order chi connectivity index (χ0) is 12.0. The molecule has 0 fully saturated rings. The van der Waals surface area contributed by atoms with Gasteiger partial charge >= 0.3 is 0 Å². The first-order chi connectivity index (χ1) is 7.63. The molecule has 0 amide bonds. The maximum Gasteiger partial charge on any atom is 0.165 e. The summed E-state index contributed by atoms with van der Waals surface area (Å²) in [6.45, 7) is 4.93. The lowest BCUT2D eigenvalue weighted by Crippen LogP contribution is -2.01. The van der Waals surface area contributed by atoms with Gasteiger partial charge in [-0.15, -0.1) is 0 Å². The minimum atomic E-state index is -0.276. The van der Waals surface area contributed by atoms with Gasteiger partial charge in [0.15, 0.2) is 11.6 Å². The Balaban J connectivity index is 2.42. The minimum Gasteiger partial charge on any atom is -0.491 e. The van der Waals surface area contributed by atoms with Gasteiger partial charge in [0.25, 0.3) is 0 Å². The van der Waals surface area contributed by atoms with Crippen molar-refractivity contribution >= 4 is 15.9 Å². The van der Waals surface area contributed by atoms with E-state index in [1.165, 1.54) is 6.07 Å². The van der Waals surface area contributed by atoms with Crippen molar-refractivity contribution in [1.82, 2.24) is 0 Å². The summed E-state index contributed by atoms with van der Waals surface area (Å²) in [5, 5.41) is 0.664. The molecule has 16 heavy (non-hydrogen) atoms. The summed E-state index contributed by atoms with van der Waals surface area (Å²) in [6.07, 6.45) is 2.08. The lowest BCUT2D eigenvalue weighted by Gasteiger charge is -2.09. The summed E-state index contributed by atoms with van der Waals surface area (Å²) < 4.78 is 18.9. The van der Waals surface area contributed by atoms with E-state index >= 15 is 0 Å². The van der Waals surface area contributed by atoms with Crippen LogP contribution in [-0.2, 0) is 5.33 Å². The largest absolute Gasteiger partial charge is 0.491 e. The summed E-state index contributed by atoms with van der Waals surface area (Å²) in [6, 6.07) is 5.07. The van der Waals surface area contributed by atoms with Crippen LogP contribution in [-0.4, -0.2) is 6.61 Å². The Morgan fingerprint density at radius 1 is 1.38 bits per heavy atom. The molecule has 0 saturated carbocycles. The van der Waals surface area contributed by atoms with E-state index in [9.17, 15) is 4.39 Å². The van der Waals surface area contributed by atoms with Gasteiger partial charge in [-0.1, -0.05) is 35.8 Å². The van der Waals surface area contributed by atoms with Crippen molar-refractivity contribution in [2.75, 3.05) is 6.61 Å². The molecule has 0 unspecified atom stereocenters. The van der Waals surface area contributed by atoms with E-state index in [2.05, 4.69) is 29.8 Å². The Morgan fingerprint density at radius 3 is 2.69 bits per heavy atom. The Morgan fingerprint density at radius 2 is 2.12 bits per heavy atom. The van der Waals surface area contributed by atoms with E-state index in [0.717, 1.165) is 18.4 Å². The van der Waals surface area contributed by atoms with Crippen LogP contribution in [0.2, 0.25) is 0 Å². The van der Waals surface area contributed by atoms with Crippen LogP contribution >= 0.6 is 15.9 Å². The van der Waals surface area contributed by atoms with Gasteiger partial charge in [0.2, 0.25) is 0 Å². The second kappa shape index (κ2) is 6.89.